The van der Waals surface area contributed by atoms with Crippen molar-refractivity contribution in [3.8, 4) is 0 Å². The Balaban J connectivity index is 1.18. The maximum Gasteiger partial charge on any atom is 0.287 e. The molecule has 1 N–H and O–H groups in total. The molecule has 2 heterocycles. The van der Waals surface area contributed by atoms with Crippen molar-refractivity contribution in [1.82, 2.24) is 10.2 Å². The number of hydrogen-bond acceptors (Lipinski definition) is 3. The second-order valence-corrected chi connectivity index (χ2v) is 10.1. The molecule has 1 aromatic heterocycles. The highest BCUT2D eigenvalue weighted by molar-refractivity contribution is 9.10. The summed E-state index contributed by atoms with van der Waals surface area (Å²) < 4.78 is 5.88. The van der Waals surface area contributed by atoms with E-state index >= 15 is 0 Å². The van der Waals surface area contributed by atoms with Gasteiger partial charge in [-0.25, -0.2) is 0 Å². The lowest BCUT2D eigenvalue weighted by molar-refractivity contribution is -0.158. The molecule has 4 saturated carbocycles. The minimum atomic E-state index is -0.174. The van der Waals surface area contributed by atoms with Gasteiger partial charge in [-0.2, -0.15) is 0 Å². The Morgan fingerprint density at radius 1 is 1.04 bits per heavy atom. The number of furan rings is 1. The zero-order valence-corrected chi connectivity index (χ0v) is 17.2. The van der Waals surface area contributed by atoms with Crippen molar-refractivity contribution in [3.05, 3.63) is 22.6 Å². The van der Waals surface area contributed by atoms with Gasteiger partial charge in [-0.15, -0.1) is 0 Å². The summed E-state index contributed by atoms with van der Waals surface area (Å²) in [6.45, 7) is 1.51. The SMILES string of the molecule is O=C(NC1CCN(C(=O)C23CC4CC(CC(C4)C2)C3)CC1)c1ccc(Br)o1. The van der Waals surface area contributed by atoms with E-state index in [9.17, 15) is 9.59 Å². The van der Waals surface area contributed by atoms with Gasteiger partial charge in [0.2, 0.25) is 5.91 Å². The third-order valence-corrected chi connectivity index (χ3v) is 7.83. The fourth-order valence-electron chi connectivity index (χ4n) is 6.63. The third kappa shape index (κ3) is 3.24. The first kappa shape index (κ1) is 17.8. The van der Waals surface area contributed by atoms with E-state index in [1.807, 2.05) is 0 Å². The standard InChI is InChI=1S/C21H27BrN2O3/c22-18-2-1-17(27-18)19(25)23-16-3-5-24(6-4-16)20(26)21-10-13-7-14(11-21)9-15(8-13)12-21/h1-2,13-16H,3-12H2,(H,23,25). The number of hydrogen-bond donors (Lipinski definition) is 1. The molecule has 0 atom stereocenters. The van der Waals surface area contributed by atoms with Crippen molar-refractivity contribution in [2.45, 2.75) is 57.4 Å². The van der Waals surface area contributed by atoms with E-state index in [4.69, 9.17) is 4.42 Å². The van der Waals surface area contributed by atoms with Crippen molar-refractivity contribution < 1.29 is 14.0 Å². The molecule has 5 nitrogen and oxygen atoms in total. The second kappa shape index (κ2) is 6.64. The first-order chi connectivity index (χ1) is 13.0. The molecule has 5 aliphatic rings. The predicted molar refractivity (Wildman–Crippen MR) is 104 cm³/mol. The van der Waals surface area contributed by atoms with Crippen LogP contribution in [0.3, 0.4) is 0 Å². The summed E-state index contributed by atoms with van der Waals surface area (Å²) in [5, 5.41) is 3.05. The van der Waals surface area contributed by atoms with Crippen LogP contribution >= 0.6 is 15.9 Å². The summed E-state index contributed by atoms with van der Waals surface area (Å²) in [5.41, 5.74) is -0.0503. The highest BCUT2D eigenvalue weighted by Gasteiger charge is 2.55. The Bertz CT molecular complexity index is 715. The molecule has 0 unspecified atom stereocenters. The number of nitrogens with zero attached hydrogens (tertiary/aromatic N) is 1. The van der Waals surface area contributed by atoms with E-state index in [2.05, 4.69) is 26.1 Å². The minimum Gasteiger partial charge on any atom is -0.444 e. The van der Waals surface area contributed by atoms with Crippen molar-refractivity contribution in [1.29, 1.82) is 0 Å². The van der Waals surface area contributed by atoms with Crippen molar-refractivity contribution in [2.24, 2.45) is 23.2 Å². The van der Waals surface area contributed by atoms with E-state index < -0.39 is 0 Å². The number of nitrogens with one attached hydrogen (secondary N) is 1. The molecule has 5 fully saturated rings. The van der Waals surface area contributed by atoms with Gasteiger partial charge in [-0.1, -0.05) is 0 Å². The highest BCUT2D eigenvalue weighted by Crippen LogP contribution is 2.60. The van der Waals surface area contributed by atoms with Gasteiger partial charge in [-0.05, 0) is 97.2 Å². The lowest BCUT2D eigenvalue weighted by atomic mass is 9.49. The number of rotatable bonds is 3. The summed E-state index contributed by atoms with van der Waals surface area (Å²) >= 11 is 3.22. The van der Waals surface area contributed by atoms with Crippen molar-refractivity contribution >= 4 is 27.7 Å². The van der Waals surface area contributed by atoms with E-state index in [1.165, 1.54) is 19.3 Å². The van der Waals surface area contributed by atoms with E-state index in [1.54, 1.807) is 12.1 Å². The van der Waals surface area contributed by atoms with Crippen LogP contribution in [0, 0.1) is 23.2 Å². The van der Waals surface area contributed by atoms with Crippen LogP contribution in [0.4, 0.5) is 0 Å². The van der Waals surface area contributed by atoms with Crippen LogP contribution in [0.15, 0.2) is 21.2 Å². The van der Waals surface area contributed by atoms with Gasteiger partial charge in [0, 0.05) is 19.1 Å². The van der Waals surface area contributed by atoms with Crippen molar-refractivity contribution in [3.63, 3.8) is 0 Å². The summed E-state index contributed by atoms with van der Waals surface area (Å²) in [7, 11) is 0. The fraction of sp³-hybridized carbons (Fsp3) is 0.714. The third-order valence-electron chi connectivity index (χ3n) is 7.41. The number of likely N-dealkylation sites (tertiary alicyclic amines) is 1. The van der Waals surface area contributed by atoms with Gasteiger partial charge < -0.3 is 14.6 Å². The van der Waals surface area contributed by atoms with Crippen LogP contribution in [-0.2, 0) is 4.79 Å². The molecule has 6 heteroatoms. The molecule has 4 bridgehead atoms. The topological polar surface area (TPSA) is 62.6 Å². The average Bonchev–Trinajstić information content (AvgIpc) is 3.07. The number of piperidine rings is 1. The Labute approximate surface area is 168 Å². The molecule has 0 aromatic carbocycles. The summed E-state index contributed by atoms with van der Waals surface area (Å²) in [4.78, 5) is 27.8. The molecule has 1 aliphatic heterocycles. The first-order valence-electron chi connectivity index (χ1n) is 10.4. The Morgan fingerprint density at radius 2 is 1.63 bits per heavy atom. The number of halogens is 1. The van der Waals surface area contributed by atoms with Crippen LogP contribution < -0.4 is 5.32 Å². The summed E-state index contributed by atoms with van der Waals surface area (Å²) in [6, 6.07) is 3.51. The van der Waals surface area contributed by atoms with Gasteiger partial charge in [0.1, 0.15) is 0 Å². The van der Waals surface area contributed by atoms with Gasteiger partial charge >= 0.3 is 0 Å². The lowest BCUT2D eigenvalue weighted by Gasteiger charge is -2.57. The van der Waals surface area contributed by atoms with Crippen molar-refractivity contribution in [2.75, 3.05) is 13.1 Å². The Kier molecular flexibility index (Phi) is 4.37. The van der Waals surface area contributed by atoms with Crippen LogP contribution in [-0.4, -0.2) is 35.8 Å². The van der Waals surface area contributed by atoms with Crippen LogP contribution in [0.5, 0.6) is 0 Å². The molecule has 27 heavy (non-hydrogen) atoms. The molecule has 1 aromatic rings. The fourth-order valence-corrected chi connectivity index (χ4v) is 6.93. The van der Waals surface area contributed by atoms with Gasteiger partial charge in [0.05, 0.1) is 5.41 Å². The minimum absolute atomic E-state index is 0.0503. The van der Waals surface area contributed by atoms with Crippen LogP contribution in [0.2, 0.25) is 0 Å². The molecule has 0 spiro atoms. The molecule has 4 aliphatic carbocycles. The van der Waals surface area contributed by atoms with E-state index in [0.717, 1.165) is 62.9 Å². The molecular weight excluding hydrogens is 408 g/mol. The number of amides is 2. The number of carbonyl (C=O) groups excluding carboxylic acids is 2. The quantitative estimate of drug-likeness (QED) is 0.782. The summed E-state index contributed by atoms with van der Waals surface area (Å²) in [6.07, 6.45) is 9.12. The van der Waals surface area contributed by atoms with E-state index in [-0.39, 0.29) is 17.4 Å². The number of carbonyl (C=O) groups is 2. The highest BCUT2D eigenvalue weighted by atomic mass is 79.9. The molecule has 2 amide bonds. The predicted octanol–water partition coefficient (Wildman–Crippen LogP) is 3.98. The Morgan fingerprint density at radius 3 is 2.15 bits per heavy atom. The van der Waals surface area contributed by atoms with Gasteiger partial charge in [0.25, 0.3) is 5.91 Å². The van der Waals surface area contributed by atoms with Crippen LogP contribution in [0.25, 0.3) is 0 Å². The monoisotopic (exact) mass is 434 g/mol. The van der Waals surface area contributed by atoms with Gasteiger partial charge in [0.15, 0.2) is 10.4 Å². The molecule has 6 rings (SSSR count). The molecule has 146 valence electrons. The molecule has 0 radical (unpaired) electrons. The smallest absolute Gasteiger partial charge is 0.287 e. The van der Waals surface area contributed by atoms with Crippen LogP contribution in [0.1, 0.15) is 61.9 Å². The Hall–Kier alpha value is -1.30. The van der Waals surface area contributed by atoms with E-state index in [0.29, 0.717) is 16.3 Å². The molecule has 1 saturated heterocycles. The van der Waals surface area contributed by atoms with Gasteiger partial charge in [-0.3, -0.25) is 9.59 Å². The average molecular weight is 435 g/mol. The second-order valence-electron chi connectivity index (χ2n) is 9.34. The maximum atomic E-state index is 13.4. The lowest BCUT2D eigenvalue weighted by Crippen LogP contribution is -2.56. The zero-order chi connectivity index (χ0) is 18.6. The summed E-state index contributed by atoms with van der Waals surface area (Å²) in [5.74, 6) is 2.96. The first-order valence-corrected chi connectivity index (χ1v) is 11.2. The zero-order valence-electron chi connectivity index (χ0n) is 15.6. The maximum absolute atomic E-state index is 13.4. The largest absolute Gasteiger partial charge is 0.444 e. The molecular formula is C21H27BrN2O3. The normalized spacial score (nSPS) is 35.4.